The molecule has 27 heavy (non-hydrogen) atoms. The molecule has 0 saturated carbocycles. The number of alkyl halides is 1. The number of nitrogen functional groups attached to an aromatic ring is 1. The van der Waals surface area contributed by atoms with Crippen molar-refractivity contribution in [2.24, 2.45) is 0 Å². The Morgan fingerprint density at radius 3 is 2.89 bits per heavy atom. The van der Waals surface area contributed by atoms with Crippen LogP contribution in [0.15, 0.2) is 41.5 Å². The van der Waals surface area contributed by atoms with Crippen LogP contribution in [0.4, 0.5) is 16.0 Å². The fourth-order valence-corrected chi connectivity index (χ4v) is 4.83. The number of anilines is 2. The predicted octanol–water partition coefficient (Wildman–Crippen LogP) is 0.763. The average Bonchev–Trinajstić information content (AvgIpc) is 2.89. The number of nitrogens with two attached hydrogens (primary N) is 1. The van der Waals surface area contributed by atoms with Gasteiger partial charge in [-0.25, -0.2) is 18.7 Å². The minimum atomic E-state index is -4.28. The number of nitrogens with one attached hydrogen (secondary N) is 1. The first-order valence-electron chi connectivity index (χ1n) is 7.76. The van der Waals surface area contributed by atoms with E-state index in [1.54, 1.807) is 12.1 Å². The molecule has 5 atom stereocenters. The fraction of sp³-hybridized carbons (Fsp3) is 0.357. The summed E-state index contributed by atoms with van der Waals surface area (Å²) in [7, 11) is -4.28. The van der Waals surface area contributed by atoms with E-state index in [4.69, 9.17) is 10.3 Å². The summed E-state index contributed by atoms with van der Waals surface area (Å²) in [6.07, 6.45) is -0.590. The van der Waals surface area contributed by atoms with Crippen molar-refractivity contribution in [1.82, 2.24) is 14.5 Å². The molecule has 0 bridgehead atoms. The van der Waals surface area contributed by atoms with Crippen molar-refractivity contribution >= 4 is 31.1 Å². The summed E-state index contributed by atoms with van der Waals surface area (Å²) in [5.41, 5.74) is 4.65. The van der Waals surface area contributed by atoms with Gasteiger partial charge in [0.1, 0.15) is 23.1 Å². The number of halogens is 1. The second-order valence-electron chi connectivity index (χ2n) is 5.69. The number of aromatic nitrogens is 3. The molecule has 5 N–H and O–H groups in total. The number of aliphatic hydroxyl groups is 1. The van der Waals surface area contributed by atoms with Gasteiger partial charge in [0, 0.05) is 12.4 Å². The van der Waals surface area contributed by atoms with Crippen molar-refractivity contribution in [3.8, 4) is 0 Å². The van der Waals surface area contributed by atoms with Crippen molar-refractivity contribution in [3.05, 3.63) is 47.1 Å². The Labute approximate surface area is 157 Å². The second kappa shape index (κ2) is 7.95. The maximum absolute atomic E-state index is 14.5. The fourth-order valence-electron chi connectivity index (χ4n) is 2.47. The normalized spacial score (nSPS) is 27.2. The van der Waals surface area contributed by atoms with Gasteiger partial charge in [-0.2, -0.15) is 4.98 Å². The van der Waals surface area contributed by atoms with E-state index in [2.05, 4.69) is 15.1 Å². The van der Waals surface area contributed by atoms with Crippen LogP contribution in [-0.2, 0) is 9.09 Å². The molecule has 3 heterocycles. The number of aliphatic hydroxyl groups excluding tert-OH is 1. The van der Waals surface area contributed by atoms with E-state index < -0.39 is 42.9 Å². The Balaban J connectivity index is 1.65. The van der Waals surface area contributed by atoms with Crippen molar-refractivity contribution in [3.63, 3.8) is 0 Å². The van der Waals surface area contributed by atoms with E-state index in [1.165, 1.54) is 24.5 Å². The third kappa shape index (κ3) is 4.66. The van der Waals surface area contributed by atoms with Gasteiger partial charge >= 0.3 is 13.4 Å². The number of hydrogen-bond donors (Lipinski definition) is 4. The molecular formula is C14H17FN5O5PS. The van der Waals surface area contributed by atoms with Crippen LogP contribution in [0.5, 0.6) is 0 Å². The van der Waals surface area contributed by atoms with Gasteiger partial charge < -0.3 is 15.7 Å². The molecule has 1 saturated heterocycles. The standard InChI is InChI=1S/C14H17FN5O5PS/c15-11-12(21)8(27-13(11)20-6-4-9(16)18-14(20)22)7-25-26(23,24)19-10-3-1-2-5-17-10/h1-6,8,11-13,21H,7H2,(H2,16,18,22)(H2,17,19,23,24)/t8-,11+,12-,13-/m1/s1. The summed E-state index contributed by atoms with van der Waals surface area (Å²) in [6.45, 7) is -0.423. The van der Waals surface area contributed by atoms with Crippen LogP contribution in [-0.4, -0.2) is 48.7 Å². The van der Waals surface area contributed by atoms with Gasteiger partial charge in [-0.15, -0.1) is 11.8 Å². The molecule has 0 radical (unpaired) electrons. The van der Waals surface area contributed by atoms with Gasteiger partial charge in [0.05, 0.1) is 11.9 Å². The maximum atomic E-state index is 14.5. The zero-order chi connectivity index (χ0) is 19.6. The highest BCUT2D eigenvalue weighted by Gasteiger charge is 2.46. The minimum absolute atomic E-state index is 0.00287. The lowest BCUT2D eigenvalue weighted by Crippen LogP contribution is -2.33. The lowest BCUT2D eigenvalue weighted by molar-refractivity contribution is 0.0646. The van der Waals surface area contributed by atoms with E-state index in [0.29, 0.717) is 0 Å². The molecule has 1 aliphatic heterocycles. The number of nitrogens with zero attached hydrogens (tertiary/aromatic N) is 3. The SMILES string of the molecule is Nc1ccn([C@@H]2S[C@H](COP(=O)(O)Nc3ccccn3)[C@@H](O)[C@@H]2F)c(=O)n1. The third-order valence-corrected chi connectivity index (χ3v) is 6.30. The largest absolute Gasteiger partial charge is 0.431 e. The van der Waals surface area contributed by atoms with E-state index >= 15 is 0 Å². The van der Waals surface area contributed by atoms with Gasteiger partial charge in [-0.05, 0) is 18.2 Å². The predicted molar refractivity (Wildman–Crippen MR) is 97.9 cm³/mol. The number of hydrogen-bond acceptors (Lipinski definition) is 8. The third-order valence-electron chi connectivity index (χ3n) is 3.75. The highest BCUT2D eigenvalue weighted by molar-refractivity contribution is 8.00. The van der Waals surface area contributed by atoms with Crippen LogP contribution in [0.1, 0.15) is 5.37 Å². The molecule has 3 rings (SSSR count). The molecule has 1 fully saturated rings. The summed E-state index contributed by atoms with van der Waals surface area (Å²) in [6, 6.07) is 6.06. The molecule has 13 heteroatoms. The Morgan fingerprint density at radius 2 is 2.22 bits per heavy atom. The van der Waals surface area contributed by atoms with E-state index in [1.807, 2.05) is 0 Å². The monoisotopic (exact) mass is 417 g/mol. The summed E-state index contributed by atoms with van der Waals surface area (Å²) in [4.78, 5) is 29.1. The van der Waals surface area contributed by atoms with Crippen LogP contribution in [0, 0.1) is 0 Å². The topological polar surface area (TPSA) is 153 Å². The summed E-state index contributed by atoms with van der Waals surface area (Å²) >= 11 is 0.903. The maximum Gasteiger partial charge on any atom is 0.431 e. The zero-order valence-electron chi connectivity index (χ0n) is 13.8. The first-order valence-corrected chi connectivity index (χ1v) is 10.3. The van der Waals surface area contributed by atoms with Crippen molar-refractivity contribution < 1.29 is 23.5 Å². The van der Waals surface area contributed by atoms with Crippen LogP contribution < -0.4 is 16.5 Å². The summed E-state index contributed by atoms with van der Waals surface area (Å²) in [5, 5.41) is 10.4. The second-order valence-corrected chi connectivity index (χ2v) is 8.57. The first kappa shape index (κ1) is 19.8. The molecule has 0 aliphatic carbocycles. The summed E-state index contributed by atoms with van der Waals surface area (Å²) in [5.74, 6) is 0.126. The van der Waals surface area contributed by atoms with Gasteiger partial charge in [0.25, 0.3) is 0 Å². The Bertz CT molecular complexity index is 903. The van der Waals surface area contributed by atoms with Gasteiger partial charge in [-0.3, -0.25) is 14.2 Å². The van der Waals surface area contributed by atoms with Gasteiger partial charge in [0.2, 0.25) is 0 Å². The quantitative estimate of drug-likeness (QED) is 0.496. The molecule has 2 aromatic rings. The molecule has 2 aromatic heterocycles. The minimum Gasteiger partial charge on any atom is -0.389 e. The van der Waals surface area contributed by atoms with Crippen LogP contribution in [0.2, 0.25) is 0 Å². The molecule has 0 aromatic carbocycles. The lowest BCUT2D eigenvalue weighted by atomic mass is 10.1. The molecule has 0 spiro atoms. The van der Waals surface area contributed by atoms with E-state index in [0.717, 1.165) is 16.3 Å². The van der Waals surface area contributed by atoms with Gasteiger partial charge in [-0.1, -0.05) is 6.07 Å². The number of pyridine rings is 1. The van der Waals surface area contributed by atoms with Gasteiger partial charge in [0.15, 0.2) is 6.17 Å². The van der Waals surface area contributed by atoms with Crippen LogP contribution in [0.25, 0.3) is 0 Å². The smallest absolute Gasteiger partial charge is 0.389 e. The highest BCUT2D eigenvalue weighted by atomic mass is 32.2. The van der Waals surface area contributed by atoms with E-state index in [9.17, 15) is 23.7 Å². The van der Waals surface area contributed by atoms with E-state index in [-0.39, 0.29) is 11.6 Å². The Kier molecular flexibility index (Phi) is 5.82. The van der Waals surface area contributed by atoms with Crippen molar-refractivity contribution in [1.29, 1.82) is 0 Å². The van der Waals surface area contributed by atoms with Crippen molar-refractivity contribution in [2.45, 2.75) is 22.9 Å². The van der Waals surface area contributed by atoms with Crippen molar-refractivity contribution in [2.75, 3.05) is 17.4 Å². The number of thioether (sulfide) groups is 1. The highest BCUT2D eigenvalue weighted by Crippen LogP contribution is 2.47. The average molecular weight is 417 g/mol. The zero-order valence-corrected chi connectivity index (χ0v) is 15.5. The van der Waals surface area contributed by atoms with Crippen LogP contribution in [0.3, 0.4) is 0 Å². The van der Waals surface area contributed by atoms with Crippen LogP contribution >= 0.6 is 19.5 Å². The first-order chi connectivity index (χ1) is 12.8. The molecule has 10 nitrogen and oxygen atoms in total. The lowest BCUT2D eigenvalue weighted by Gasteiger charge is -2.18. The molecule has 146 valence electrons. The molecule has 0 amide bonds. The number of rotatable bonds is 6. The molecule has 1 unspecified atom stereocenters. The Morgan fingerprint density at radius 1 is 1.44 bits per heavy atom. The summed E-state index contributed by atoms with van der Waals surface area (Å²) < 4.78 is 32.5. The molecular weight excluding hydrogens is 400 g/mol. The molecule has 1 aliphatic rings. The Hall–Kier alpha value is -1.98.